The van der Waals surface area contributed by atoms with Crippen LogP contribution >= 0.6 is 15.9 Å². The molecular formula is C12H9BrO. The topological polar surface area (TPSA) is 9.23 Å². The van der Waals surface area contributed by atoms with E-state index in [2.05, 4.69) is 21.9 Å². The van der Waals surface area contributed by atoms with Crippen molar-refractivity contribution in [3.63, 3.8) is 0 Å². The van der Waals surface area contributed by atoms with E-state index in [1.807, 2.05) is 30.4 Å². The molecule has 0 saturated carbocycles. The summed E-state index contributed by atoms with van der Waals surface area (Å²) in [4.78, 5) is 0. The Hall–Kier alpha value is -1.20. The molecule has 0 bridgehead atoms. The molecule has 2 rings (SSSR count). The summed E-state index contributed by atoms with van der Waals surface area (Å²) in [5.41, 5.74) is 1.09. The van der Waals surface area contributed by atoms with Crippen molar-refractivity contribution < 1.29 is 4.74 Å². The Morgan fingerprint density at radius 2 is 2.36 bits per heavy atom. The van der Waals surface area contributed by atoms with Crippen LogP contribution < -0.4 is 4.74 Å². The van der Waals surface area contributed by atoms with Gasteiger partial charge in [-0.2, -0.15) is 0 Å². The molecule has 1 nitrogen and oxygen atoms in total. The molecule has 0 amide bonds. The summed E-state index contributed by atoms with van der Waals surface area (Å²) >= 11 is 3.41. The van der Waals surface area contributed by atoms with E-state index in [1.165, 1.54) is 0 Å². The van der Waals surface area contributed by atoms with E-state index in [-0.39, 0.29) is 6.10 Å². The van der Waals surface area contributed by atoms with Gasteiger partial charge in [0.1, 0.15) is 11.9 Å². The molecule has 0 N–H and O–H groups in total. The SMILES string of the molecule is C#CCC1C=Cc2cc(Br)ccc2O1. The Morgan fingerprint density at radius 3 is 3.14 bits per heavy atom. The lowest BCUT2D eigenvalue weighted by Gasteiger charge is -2.19. The lowest BCUT2D eigenvalue weighted by Crippen LogP contribution is -2.15. The number of ether oxygens (including phenoxy) is 1. The molecule has 0 fully saturated rings. The van der Waals surface area contributed by atoms with E-state index in [4.69, 9.17) is 11.2 Å². The van der Waals surface area contributed by atoms with Gasteiger partial charge in [0, 0.05) is 16.5 Å². The fraction of sp³-hybridized carbons (Fsp3) is 0.167. The van der Waals surface area contributed by atoms with Crippen molar-refractivity contribution in [1.29, 1.82) is 0 Å². The summed E-state index contributed by atoms with van der Waals surface area (Å²) in [6.45, 7) is 0. The van der Waals surface area contributed by atoms with Gasteiger partial charge in [-0.05, 0) is 24.3 Å². The minimum absolute atomic E-state index is 0.0219. The molecule has 2 heteroatoms. The number of halogens is 1. The highest BCUT2D eigenvalue weighted by atomic mass is 79.9. The van der Waals surface area contributed by atoms with Gasteiger partial charge in [-0.3, -0.25) is 0 Å². The highest BCUT2D eigenvalue weighted by Gasteiger charge is 2.13. The van der Waals surface area contributed by atoms with Crippen LogP contribution in [0.2, 0.25) is 0 Å². The fourth-order valence-electron chi connectivity index (χ4n) is 1.40. The molecule has 0 radical (unpaired) electrons. The Morgan fingerprint density at radius 1 is 1.50 bits per heavy atom. The third-order valence-electron chi connectivity index (χ3n) is 2.06. The van der Waals surface area contributed by atoms with Crippen LogP contribution in [-0.2, 0) is 0 Å². The summed E-state index contributed by atoms with van der Waals surface area (Å²) in [5.74, 6) is 3.49. The Balaban J connectivity index is 2.28. The van der Waals surface area contributed by atoms with Crippen LogP contribution in [0.5, 0.6) is 5.75 Å². The molecule has 0 saturated heterocycles. The Bertz CT molecular complexity index is 415. The first kappa shape index (κ1) is 9.36. The molecule has 0 spiro atoms. The second-order valence-corrected chi connectivity index (χ2v) is 4.02. The van der Waals surface area contributed by atoms with Crippen molar-refractivity contribution in [2.45, 2.75) is 12.5 Å². The van der Waals surface area contributed by atoms with Gasteiger partial charge in [0.2, 0.25) is 0 Å². The number of fused-ring (bicyclic) bond motifs is 1. The smallest absolute Gasteiger partial charge is 0.128 e. The van der Waals surface area contributed by atoms with E-state index in [0.717, 1.165) is 15.8 Å². The third kappa shape index (κ3) is 1.83. The van der Waals surface area contributed by atoms with Gasteiger partial charge in [0.15, 0.2) is 0 Å². The molecule has 1 aromatic rings. The van der Waals surface area contributed by atoms with Crippen LogP contribution in [-0.4, -0.2) is 6.10 Å². The Labute approximate surface area is 91.9 Å². The first-order chi connectivity index (χ1) is 6.79. The van der Waals surface area contributed by atoms with Gasteiger partial charge in [-0.25, -0.2) is 0 Å². The van der Waals surface area contributed by atoms with Crippen molar-refractivity contribution in [2.24, 2.45) is 0 Å². The maximum atomic E-state index is 5.68. The van der Waals surface area contributed by atoms with Crippen molar-refractivity contribution in [3.8, 4) is 18.1 Å². The fourth-order valence-corrected chi connectivity index (χ4v) is 1.77. The molecule has 1 unspecified atom stereocenters. The van der Waals surface area contributed by atoms with E-state index in [9.17, 15) is 0 Å². The zero-order chi connectivity index (χ0) is 9.97. The monoisotopic (exact) mass is 248 g/mol. The molecule has 70 valence electrons. The molecular weight excluding hydrogens is 240 g/mol. The largest absolute Gasteiger partial charge is 0.485 e. The standard InChI is InChI=1S/C12H9BrO/c1-2-3-11-6-4-9-8-10(13)5-7-12(9)14-11/h1,4-8,11H,3H2. The van der Waals surface area contributed by atoms with Gasteiger partial charge in [0.05, 0.1) is 0 Å². The molecule has 1 atom stereocenters. The predicted octanol–water partition coefficient (Wildman–Crippen LogP) is 3.25. The van der Waals surface area contributed by atoms with Gasteiger partial charge in [-0.15, -0.1) is 12.3 Å². The van der Waals surface area contributed by atoms with E-state index < -0.39 is 0 Å². The summed E-state index contributed by atoms with van der Waals surface area (Å²) in [6, 6.07) is 5.94. The zero-order valence-corrected chi connectivity index (χ0v) is 9.12. The van der Waals surface area contributed by atoms with Crippen LogP contribution in [0.1, 0.15) is 12.0 Å². The summed E-state index contributed by atoms with van der Waals surface area (Å²) < 4.78 is 6.73. The Kier molecular flexibility index (Phi) is 2.60. The molecule has 1 aliphatic heterocycles. The molecule has 1 aromatic carbocycles. The van der Waals surface area contributed by atoms with E-state index >= 15 is 0 Å². The summed E-state index contributed by atoms with van der Waals surface area (Å²) in [7, 11) is 0. The average Bonchev–Trinajstić information content (AvgIpc) is 2.19. The minimum Gasteiger partial charge on any atom is -0.485 e. The van der Waals surface area contributed by atoms with E-state index in [1.54, 1.807) is 0 Å². The van der Waals surface area contributed by atoms with Crippen LogP contribution in [0.4, 0.5) is 0 Å². The van der Waals surface area contributed by atoms with Crippen molar-refractivity contribution in [1.82, 2.24) is 0 Å². The lowest BCUT2D eigenvalue weighted by molar-refractivity contribution is 0.252. The van der Waals surface area contributed by atoms with Crippen molar-refractivity contribution in [3.05, 3.63) is 34.3 Å². The maximum Gasteiger partial charge on any atom is 0.128 e. The second kappa shape index (κ2) is 3.89. The molecule has 1 aliphatic rings. The quantitative estimate of drug-likeness (QED) is 0.694. The van der Waals surface area contributed by atoms with Gasteiger partial charge < -0.3 is 4.74 Å². The van der Waals surface area contributed by atoms with Crippen molar-refractivity contribution in [2.75, 3.05) is 0 Å². The number of benzene rings is 1. The van der Waals surface area contributed by atoms with Crippen LogP contribution in [0.25, 0.3) is 6.08 Å². The van der Waals surface area contributed by atoms with Gasteiger partial charge >= 0.3 is 0 Å². The van der Waals surface area contributed by atoms with Crippen LogP contribution in [0.3, 0.4) is 0 Å². The molecule has 0 aliphatic carbocycles. The third-order valence-corrected chi connectivity index (χ3v) is 2.55. The predicted molar refractivity (Wildman–Crippen MR) is 61.0 cm³/mol. The van der Waals surface area contributed by atoms with Gasteiger partial charge in [0.25, 0.3) is 0 Å². The summed E-state index contributed by atoms with van der Waals surface area (Å²) in [6.07, 6.45) is 9.91. The molecule has 0 aromatic heterocycles. The average molecular weight is 249 g/mol. The number of rotatable bonds is 1. The molecule has 14 heavy (non-hydrogen) atoms. The first-order valence-corrected chi connectivity index (χ1v) is 5.17. The van der Waals surface area contributed by atoms with Crippen LogP contribution in [0.15, 0.2) is 28.7 Å². The number of terminal acetylenes is 1. The highest BCUT2D eigenvalue weighted by Crippen LogP contribution is 2.29. The number of hydrogen-bond acceptors (Lipinski definition) is 1. The normalized spacial score (nSPS) is 18.1. The lowest BCUT2D eigenvalue weighted by atomic mass is 10.1. The minimum atomic E-state index is 0.0219. The number of hydrogen-bond donors (Lipinski definition) is 0. The maximum absolute atomic E-state index is 5.68. The van der Waals surface area contributed by atoms with Gasteiger partial charge in [-0.1, -0.05) is 22.0 Å². The van der Waals surface area contributed by atoms with E-state index in [0.29, 0.717) is 6.42 Å². The van der Waals surface area contributed by atoms with Crippen molar-refractivity contribution >= 4 is 22.0 Å². The second-order valence-electron chi connectivity index (χ2n) is 3.11. The zero-order valence-electron chi connectivity index (χ0n) is 7.53. The summed E-state index contributed by atoms with van der Waals surface area (Å²) in [5, 5.41) is 0. The first-order valence-electron chi connectivity index (χ1n) is 4.37. The highest BCUT2D eigenvalue weighted by molar-refractivity contribution is 9.10. The molecule has 1 heterocycles. The van der Waals surface area contributed by atoms with Crippen LogP contribution in [0, 0.1) is 12.3 Å².